The molecule has 1 aromatic heterocycles. The van der Waals surface area contributed by atoms with Crippen molar-refractivity contribution in [2.75, 3.05) is 31.8 Å². The highest BCUT2D eigenvalue weighted by atomic mass is 32.2. The standard InChI is InChI=1S/C22H29N3O3S/c1-28-21-12-18-15-25(13-16-6-8-19(9-7-16)29(2,26)27)14-17(18)11-20(21)24-22-5-3-4-10-23-22/h3-10,17-18,20-21H,11-15H2,1-2H3,(H,23,24)/t17-,18+,20-,21-/m1/s1. The highest BCUT2D eigenvalue weighted by molar-refractivity contribution is 7.90. The number of sulfone groups is 1. The summed E-state index contributed by atoms with van der Waals surface area (Å²) in [5.74, 6) is 2.17. The summed E-state index contributed by atoms with van der Waals surface area (Å²) in [7, 11) is -1.34. The van der Waals surface area contributed by atoms with Crippen molar-refractivity contribution in [3.8, 4) is 0 Å². The van der Waals surface area contributed by atoms with Crippen molar-refractivity contribution in [1.29, 1.82) is 0 Å². The molecule has 2 aromatic rings. The molecule has 1 aliphatic carbocycles. The fraction of sp³-hybridized carbons (Fsp3) is 0.500. The van der Waals surface area contributed by atoms with Crippen LogP contribution in [-0.2, 0) is 21.1 Å². The summed E-state index contributed by atoms with van der Waals surface area (Å²) < 4.78 is 29.1. The molecule has 1 saturated carbocycles. The van der Waals surface area contributed by atoms with Gasteiger partial charge >= 0.3 is 0 Å². The van der Waals surface area contributed by atoms with E-state index in [0.717, 1.165) is 43.9 Å². The number of ether oxygens (including phenoxy) is 1. The molecule has 7 heteroatoms. The number of nitrogens with zero attached hydrogens (tertiary/aromatic N) is 2. The minimum absolute atomic E-state index is 0.187. The molecule has 29 heavy (non-hydrogen) atoms. The SMILES string of the molecule is CO[C@@H]1C[C@H]2CN(Cc3ccc(S(C)(=O)=O)cc3)C[C@H]2C[C@H]1Nc1ccccn1. The molecule has 1 aromatic carbocycles. The van der Waals surface area contributed by atoms with E-state index in [2.05, 4.69) is 15.2 Å². The van der Waals surface area contributed by atoms with Crippen molar-refractivity contribution < 1.29 is 13.2 Å². The van der Waals surface area contributed by atoms with Crippen LogP contribution >= 0.6 is 0 Å². The van der Waals surface area contributed by atoms with Crippen molar-refractivity contribution in [3.05, 3.63) is 54.2 Å². The molecule has 6 nitrogen and oxygen atoms in total. The van der Waals surface area contributed by atoms with E-state index in [9.17, 15) is 8.42 Å². The Balaban J connectivity index is 1.39. The Morgan fingerprint density at radius 2 is 1.83 bits per heavy atom. The highest BCUT2D eigenvalue weighted by Gasteiger charge is 2.42. The second kappa shape index (κ2) is 8.42. The van der Waals surface area contributed by atoms with Gasteiger partial charge in [0.05, 0.1) is 17.0 Å². The molecule has 0 radical (unpaired) electrons. The first kappa shape index (κ1) is 20.3. The van der Waals surface area contributed by atoms with Crippen LogP contribution < -0.4 is 5.32 Å². The van der Waals surface area contributed by atoms with Crippen LogP contribution in [0.25, 0.3) is 0 Å². The van der Waals surface area contributed by atoms with Gasteiger partial charge in [-0.05, 0) is 54.5 Å². The van der Waals surface area contributed by atoms with Crippen molar-refractivity contribution in [1.82, 2.24) is 9.88 Å². The lowest BCUT2D eigenvalue weighted by atomic mass is 9.77. The maximum absolute atomic E-state index is 11.6. The molecule has 0 spiro atoms. The Labute approximate surface area is 173 Å². The largest absolute Gasteiger partial charge is 0.379 e. The monoisotopic (exact) mass is 415 g/mol. The number of anilines is 1. The fourth-order valence-corrected chi connectivity index (χ4v) is 5.42. The molecule has 1 saturated heterocycles. The molecule has 1 N–H and O–H groups in total. The van der Waals surface area contributed by atoms with Crippen molar-refractivity contribution in [2.45, 2.75) is 36.4 Å². The number of benzene rings is 1. The Morgan fingerprint density at radius 3 is 2.45 bits per heavy atom. The van der Waals surface area contributed by atoms with Gasteiger partial charge in [-0.15, -0.1) is 0 Å². The molecular formula is C22H29N3O3S. The van der Waals surface area contributed by atoms with Gasteiger partial charge in [-0.2, -0.15) is 0 Å². The second-order valence-corrected chi connectivity index (χ2v) is 10.4. The smallest absolute Gasteiger partial charge is 0.175 e. The Morgan fingerprint density at radius 1 is 1.10 bits per heavy atom. The minimum atomic E-state index is -3.14. The zero-order valence-electron chi connectivity index (χ0n) is 17.0. The Kier molecular flexibility index (Phi) is 5.90. The van der Waals surface area contributed by atoms with E-state index >= 15 is 0 Å². The predicted molar refractivity (Wildman–Crippen MR) is 113 cm³/mol. The molecular weight excluding hydrogens is 386 g/mol. The van der Waals surface area contributed by atoms with E-state index in [1.54, 1.807) is 19.2 Å². The number of rotatable bonds is 6. The summed E-state index contributed by atoms with van der Waals surface area (Å²) >= 11 is 0. The van der Waals surface area contributed by atoms with E-state index in [0.29, 0.717) is 16.7 Å². The first-order valence-electron chi connectivity index (χ1n) is 10.1. The fourth-order valence-electron chi connectivity index (χ4n) is 4.79. The maximum atomic E-state index is 11.6. The van der Waals surface area contributed by atoms with Crippen LogP contribution in [0.4, 0.5) is 5.82 Å². The number of pyridine rings is 1. The Bertz CT molecular complexity index is 918. The average molecular weight is 416 g/mol. The lowest BCUT2D eigenvalue weighted by molar-refractivity contribution is 0.0304. The van der Waals surface area contributed by atoms with Gasteiger partial charge < -0.3 is 10.1 Å². The van der Waals surface area contributed by atoms with Crippen molar-refractivity contribution in [2.24, 2.45) is 11.8 Å². The zero-order chi connectivity index (χ0) is 20.4. The topological polar surface area (TPSA) is 71.5 Å². The van der Waals surface area contributed by atoms with Gasteiger partial charge in [0.25, 0.3) is 0 Å². The molecule has 4 atom stereocenters. The van der Waals surface area contributed by atoms with Crippen LogP contribution in [0.3, 0.4) is 0 Å². The minimum Gasteiger partial charge on any atom is -0.379 e. The quantitative estimate of drug-likeness (QED) is 0.782. The van der Waals surface area contributed by atoms with Crippen LogP contribution in [0.15, 0.2) is 53.6 Å². The van der Waals surface area contributed by atoms with E-state index < -0.39 is 9.84 Å². The number of hydrogen-bond donors (Lipinski definition) is 1. The Hall–Kier alpha value is -1.96. The summed E-state index contributed by atoms with van der Waals surface area (Å²) in [6.07, 6.45) is 5.36. The van der Waals surface area contributed by atoms with Gasteiger partial charge in [0.15, 0.2) is 9.84 Å². The van der Waals surface area contributed by atoms with Crippen LogP contribution in [0.2, 0.25) is 0 Å². The predicted octanol–water partition coefficient (Wildman–Crippen LogP) is 2.82. The van der Waals surface area contributed by atoms with Crippen molar-refractivity contribution in [3.63, 3.8) is 0 Å². The third-order valence-electron chi connectivity index (χ3n) is 6.25. The first-order chi connectivity index (χ1) is 13.9. The van der Waals surface area contributed by atoms with Crippen molar-refractivity contribution >= 4 is 15.7 Å². The van der Waals surface area contributed by atoms with Crippen LogP contribution in [0.5, 0.6) is 0 Å². The molecule has 156 valence electrons. The normalized spacial score (nSPS) is 27.5. The summed E-state index contributed by atoms with van der Waals surface area (Å²) in [6.45, 7) is 2.98. The second-order valence-electron chi connectivity index (χ2n) is 8.34. The van der Waals surface area contributed by atoms with E-state index in [1.165, 1.54) is 6.26 Å². The molecule has 0 unspecified atom stereocenters. The zero-order valence-corrected chi connectivity index (χ0v) is 17.8. The van der Waals surface area contributed by atoms with Gasteiger partial charge in [-0.3, -0.25) is 4.90 Å². The summed E-state index contributed by atoms with van der Waals surface area (Å²) in [4.78, 5) is 7.27. The number of methoxy groups -OCH3 is 1. The lowest BCUT2D eigenvalue weighted by Crippen LogP contribution is -2.44. The van der Waals surface area contributed by atoms with E-state index in [4.69, 9.17) is 4.74 Å². The first-order valence-corrected chi connectivity index (χ1v) is 12.0. The van der Waals surface area contributed by atoms with Crippen LogP contribution in [0, 0.1) is 11.8 Å². The average Bonchev–Trinajstić information content (AvgIpc) is 3.09. The van der Waals surface area contributed by atoms with Gasteiger partial charge in [0.1, 0.15) is 5.82 Å². The van der Waals surface area contributed by atoms with Gasteiger partial charge in [0.2, 0.25) is 0 Å². The van der Waals surface area contributed by atoms with Crippen LogP contribution in [0.1, 0.15) is 18.4 Å². The molecule has 0 amide bonds. The molecule has 1 aliphatic heterocycles. The molecule has 2 heterocycles. The van der Waals surface area contributed by atoms with Gasteiger partial charge in [0, 0.05) is 39.2 Å². The molecule has 0 bridgehead atoms. The molecule has 2 fully saturated rings. The molecule has 2 aliphatic rings. The number of aromatic nitrogens is 1. The number of nitrogens with one attached hydrogen (secondary N) is 1. The maximum Gasteiger partial charge on any atom is 0.175 e. The summed E-state index contributed by atoms with van der Waals surface area (Å²) in [6, 6.07) is 13.5. The van der Waals surface area contributed by atoms with Gasteiger partial charge in [-0.1, -0.05) is 18.2 Å². The van der Waals surface area contributed by atoms with E-state index in [-0.39, 0.29) is 12.1 Å². The van der Waals surface area contributed by atoms with Gasteiger partial charge in [-0.25, -0.2) is 13.4 Å². The molecule has 4 rings (SSSR count). The number of hydrogen-bond acceptors (Lipinski definition) is 6. The lowest BCUT2D eigenvalue weighted by Gasteiger charge is -2.37. The highest BCUT2D eigenvalue weighted by Crippen LogP contribution is 2.38. The summed E-state index contributed by atoms with van der Waals surface area (Å²) in [5, 5.41) is 3.57. The number of likely N-dealkylation sites (tertiary alicyclic amines) is 1. The summed E-state index contributed by atoms with van der Waals surface area (Å²) in [5.41, 5.74) is 1.16. The third-order valence-corrected chi connectivity index (χ3v) is 7.38. The van der Waals surface area contributed by atoms with E-state index in [1.807, 2.05) is 36.5 Å². The third kappa shape index (κ3) is 4.79. The number of fused-ring (bicyclic) bond motifs is 1. The van der Waals surface area contributed by atoms with Crippen LogP contribution in [-0.4, -0.2) is 56.9 Å².